The third kappa shape index (κ3) is 3.19. The number of methoxy groups -OCH3 is 1. The second-order valence-corrected chi connectivity index (χ2v) is 7.43. The van der Waals surface area contributed by atoms with Gasteiger partial charge >= 0.3 is 0 Å². The lowest BCUT2D eigenvalue weighted by atomic mass is 10.2. The molecule has 7 heteroatoms. The van der Waals surface area contributed by atoms with E-state index in [0.717, 1.165) is 11.3 Å². The summed E-state index contributed by atoms with van der Waals surface area (Å²) in [5.41, 5.74) is 1.46. The van der Waals surface area contributed by atoms with Crippen molar-refractivity contribution in [2.45, 2.75) is 0 Å². The van der Waals surface area contributed by atoms with E-state index in [4.69, 9.17) is 17.0 Å². The first kappa shape index (κ1) is 17.0. The first-order valence-corrected chi connectivity index (χ1v) is 8.92. The number of halogens is 1. The zero-order valence-electron chi connectivity index (χ0n) is 12.5. The minimum atomic E-state index is -0.171. The number of thiocarbonyl (C=S) groups is 1. The van der Waals surface area contributed by atoms with Crippen LogP contribution in [-0.4, -0.2) is 22.4 Å². The van der Waals surface area contributed by atoms with Gasteiger partial charge in [-0.3, -0.25) is 9.69 Å². The Balaban J connectivity index is 1.98. The van der Waals surface area contributed by atoms with E-state index in [1.165, 1.54) is 29.8 Å². The highest BCUT2D eigenvalue weighted by Gasteiger charge is 2.33. The zero-order valence-corrected chi connectivity index (χ0v) is 15.7. The molecule has 1 saturated heterocycles. The van der Waals surface area contributed by atoms with Crippen molar-refractivity contribution in [1.29, 1.82) is 0 Å². The van der Waals surface area contributed by atoms with E-state index >= 15 is 0 Å². The number of thioether (sulfide) groups is 1. The number of aromatic hydroxyl groups is 1. The highest BCUT2D eigenvalue weighted by atomic mass is 79.9. The lowest BCUT2D eigenvalue weighted by Gasteiger charge is -2.13. The molecular weight excluding hydrogens is 410 g/mol. The zero-order chi connectivity index (χ0) is 17.3. The summed E-state index contributed by atoms with van der Waals surface area (Å²) in [5.74, 6) is 0.191. The van der Waals surface area contributed by atoms with Crippen LogP contribution in [0.25, 0.3) is 6.08 Å². The van der Waals surface area contributed by atoms with Gasteiger partial charge in [-0.1, -0.05) is 58.1 Å². The van der Waals surface area contributed by atoms with Crippen LogP contribution in [0.1, 0.15) is 5.56 Å². The summed E-state index contributed by atoms with van der Waals surface area (Å²) < 4.78 is 6.26. The highest BCUT2D eigenvalue weighted by molar-refractivity contribution is 9.10. The van der Waals surface area contributed by atoms with Gasteiger partial charge in [0.05, 0.1) is 17.7 Å². The van der Waals surface area contributed by atoms with Gasteiger partial charge < -0.3 is 9.84 Å². The lowest BCUT2D eigenvalue weighted by molar-refractivity contribution is -0.113. The van der Waals surface area contributed by atoms with Gasteiger partial charge in [-0.2, -0.15) is 0 Å². The lowest BCUT2D eigenvalue weighted by Crippen LogP contribution is -2.27. The fourth-order valence-electron chi connectivity index (χ4n) is 2.24. The van der Waals surface area contributed by atoms with E-state index < -0.39 is 0 Å². The van der Waals surface area contributed by atoms with Crippen molar-refractivity contribution in [2.75, 3.05) is 12.0 Å². The van der Waals surface area contributed by atoms with Crippen LogP contribution in [0.5, 0.6) is 11.5 Å². The Bertz CT molecular complexity index is 852. The average Bonchev–Trinajstić information content (AvgIpc) is 2.84. The average molecular weight is 422 g/mol. The third-order valence-electron chi connectivity index (χ3n) is 3.39. The predicted molar refractivity (Wildman–Crippen MR) is 104 cm³/mol. The van der Waals surface area contributed by atoms with E-state index in [1.807, 2.05) is 30.3 Å². The molecule has 1 aliphatic rings. The Morgan fingerprint density at radius 1 is 1.29 bits per heavy atom. The van der Waals surface area contributed by atoms with Crippen molar-refractivity contribution in [3.8, 4) is 11.5 Å². The Labute approximate surface area is 157 Å². The third-order valence-corrected chi connectivity index (χ3v) is 5.38. The molecule has 122 valence electrons. The van der Waals surface area contributed by atoms with E-state index in [9.17, 15) is 9.90 Å². The summed E-state index contributed by atoms with van der Waals surface area (Å²) in [6.45, 7) is 0. The number of hydrogen-bond donors (Lipinski definition) is 1. The Hall–Kier alpha value is -1.83. The molecule has 1 aliphatic heterocycles. The normalized spacial score (nSPS) is 16.1. The number of ether oxygens (including phenoxy) is 1. The number of carbonyl (C=O) groups excluding carboxylic acids is 1. The van der Waals surface area contributed by atoms with Crippen LogP contribution in [0.2, 0.25) is 0 Å². The minimum Gasteiger partial charge on any atom is -0.504 e. The maximum atomic E-state index is 12.7. The summed E-state index contributed by atoms with van der Waals surface area (Å²) in [7, 11) is 1.47. The molecular formula is C17H12BrNO3S2. The predicted octanol–water partition coefficient (Wildman–Crippen LogP) is 4.57. The van der Waals surface area contributed by atoms with Crippen LogP contribution in [0.4, 0.5) is 5.69 Å². The van der Waals surface area contributed by atoms with Gasteiger partial charge in [0.15, 0.2) is 15.8 Å². The van der Waals surface area contributed by atoms with Crippen molar-refractivity contribution >= 4 is 61.9 Å². The summed E-state index contributed by atoms with van der Waals surface area (Å²) in [6, 6.07) is 12.5. The smallest absolute Gasteiger partial charge is 0.270 e. The molecule has 0 spiro atoms. The van der Waals surface area contributed by atoms with E-state index in [2.05, 4.69) is 15.9 Å². The highest BCUT2D eigenvalue weighted by Crippen LogP contribution is 2.39. The molecule has 0 saturated carbocycles. The molecule has 0 atom stereocenters. The molecule has 1 N–H and O–H groups in total. The van der Waals surface area contributed by atoms with Crippen LogP contribution < -0.4 is 9.64 Å². The molecule has 1 heterocycles. The number of rotatable bonds is 3. The van der Waals surface area contributed by atoms with Gasteiger partial charge in [0.1, 0.15) is 0 Å². The topological polar surface area (TPSA) is 49.8 Å². The van der Waals surface area contributed by atoms with Gasteiger partial charge in [-0.15, -0.1) is 0 Å². The molecule has 24 heavy (non-hydrogen) atoms. The fraction of sp³-hybridized carbons (Fsp3) is 0.0588. The maximum Gasteiger partial charge on any atom is 0.270 e. The summed E-state index contributed by atoms with van der Waals surface area (Å²) in [5, 5.41) is 9.78. The van der Waals surface area contributed by atoms with E-state index in [0.29, 0.717) is 19.4 Å². The molecule has 1 fully saturated rings. The van der Waals surface area contributed by atoms with Crippen molar-refractivity contribution < 1.29 is 14.6 Å². The largest absolute Gasteiger partial charge is 0.504 e. The van der Waals surface area contributed by atoms with Crippen molar-refractivity contribution in [3.63, 3.8) is 0 Å². The van der Waals surface area contributed by atoms with Crippen LogP contribution in [0.3, 0.4) is 0 Å². The second-order valence-electron chi connectivity index (χ2n) is 4.90. The number of nitrogens with zero attached hydrogens (tertiary/aromatic N) is 1. The molecule has 2 aromatic carbocycles. The van der Waals surface area contributed by atoms with Crippen LogP contribution in [-0.2, 0) is 4.79 Å². The molecule has 2 aromatic rings. The van der Waals surface area contributed by atoms with Crippen molar-refractivity contribution in [1.82, 2.24) is 0 Å². The van der Waals surface area contributed by atoms with Crippen LogP contribution in [0, 0.1) is 0 Å². The van der Waals surface area contributed by atoms with Crippen LogP contribution in [0.15, 0.2) is 51.8 Å². The Kier molecular flexibility index (Phi) is 4.93. The second kappa shape index (κ2) is 6.96. The number of phenols is 1. The van der Waals surface area contributed by atoms with Gasteiger partial charge in [0.2, 0.25) is 0 Å². The first-order chi connectivity index (χ1) is 11.5. The number of para-hydroxylation sites is 1. The first-order valence-electron chi connectivity index (χ1n) is 6.91. The van der Waals surface area contributed by atoms with Gasteiger partial charge in [0.25, 0.3) is 5.91 Å². The van der Waals surface area contributed by atoms with E-state index in [-0.39, 0.29) is 11.7 Å². The summed E-state index contributed by atoms with van der Waals surface area (Å²) in [4.78, 5) is 14.7. The van der Waals surface area contributed by atoms with Gasteiger partial charge in [-0.05, 0) is 35.9 Å². The van der Waals surface area contributed by atoms with Crippen molar-refractivity contribution in [2.24, 2.45) is 0 Å². The van der Waals surface area contributed by atoms with Gasteiger partial charge in [-0.25, -0.2) is 0 Å². The molecule has 1 amide bonds. The fourth-order valence-corrected chi connectivity index (χ4v) is 3.98. The Morgan fingerprint density at radius 3 is 2.67 bits per heavy atom. The van der Waals surface area contributed by atoms with Crippen molar-refractivity contribution in [3.05, 3.63) is 57.4 Å². The monoisotopic (exact) mass is 421 g/mol. The number of anilines is 1. The molecule has 3 rings (SSSR count). The molecule has 0 aromatic heterocycles. The summed E-state index contributed by atoms with van der Waals surface area (Å²) in [6.07, 6.45) is 1.73. The molecule has 0 radical (unpaired) electrons. The van der Waals surface area contributed by atoms with E-state index in [1.54, 1.807) is 12.1 Å². The molecule has 0 unspecified atom stereocenters. The number of hydrogen-bond acceptors (Lipinski definition) is 5. The standard InChI is InChI=1S/C17H12BrNO3S2/c1-22-14-7-10(12(18)9-13(14)20)8-15-16(21)19(17(23)24-15)11-5-3-2-4-6-11/h2-9,20H,1H3/b15-8+. The number of amides is 1. The maximum absolute atomic E-state index is 12.7. The Morgan fingerprint density at radius 2 is 2.00 bits per heavy atom. The molecule has 0 bridgehead atoms. The molecule has 0 aliphatic carbocycles. The number of phenolic OH excluding ortho intramolecular Hbond substituents is 1. The van der Waals surface area contributed by atoms with Gasteiger partial charge in [0, 0.05) is 4.47 Å². The summed E-state index contributed by atoms with van der Waals surface area (Å²) >= 11 is 9.97. The molecule has 4 nitrogen and oxygen atoms in total. The number of benzene rings is 2. The van der Waals surface area contributed by atoms with Crippen LogP contribution >= 0.6 is 39.9 Å². The quantitative estimate of drug-likeness (QED) is 0.580. The SMILES string of the molecule is COc1cc(/C=C2/SC(=S)N(c3ccccc3)C2=O)c(Br)cc1O. The minimum absolute atomic E-state index is 0.0263. The number of carbonyl (C=O) groups is 1.